The van der Waals surface area contributed by atoms with Crippen LogP contribution >= 0.6 is 0 Å². The first kappa shape index (κ1) is 11.8. The summed E-state index contributed by atoms with van der Waals surface area (Å²) in [5, 5.41) is 0. The molecule has 1 rings (SSSR count). The molecule has 1 aromatic rings. The molecule has 0 radical (unpaired) electrons. The highest BCUT2D eigenvalue weighted by atomic mass is 19.4. The zero-order valence-electron chi connectivity index (χ0n) is 7.81. The van der Waals surface area contributed by atoms with Crippen molar-refractivity contribution in [3.8, 4) is 5.75 Å². The van der Waals surface area contributed by atoms with Crippen LogP contribution in [0.25, 0.3) is 0 Å². The maximum absolute atomic E-state index is 13.1. The fraction of sp³-hybridized carbons (Fsp3) is 0.333. The monoisotopic (exact) mass is 223 g/mol. The van der Waals surface area contributed by atoms with Crippen molar-refractivity contribution in [1.29, 1.82) is 0 Å². The first-order valence-electron chi connectivity index (χ1n) is 4.02. The molecule has 0 bridgehead atoms. The maximum atomic E-state index is 13.1. The van der Waals surface area contributed by atoms with E-state index >= 15 is 0 Å². The second kappa shape index (κ2) is 4.06. The van der Waals surface area contributed by atoms with Gasteiger partial charge in [0.1, 0.15) is 17.6 Å². The summed E-state index contributed by atoms with van der Waals surface area (Å²) in [7, 11) is 1.27. The number of ether oxygens (including phenoxy) is 1. The Kier molecular flexibility index (Phi) is 3.18. The van der Waals surface area contributed by atoms with Crippen LogP contribution in [0, 0.1) is 5.82 Å². The molecule has 0 saturated carbocycles. The molecule has 0 aromatic heterocycles. The summed E-state index contributed by atoms with van der Waals surface area (Å²) in [6, 6.07) is 0.711. The number of halogens is 4. The Balaban J connectivity index is 3.12. The molecular weight excluding hydrogens is 214 g/mol. The van der Waals surface area contributed by atoms with E-state index < -0.39 is 23.6 Å². The first-order chi connectivity index (χ1) is 6.86. The van der Waals surface area contributed by atoms with E-state index in [2.05, 4.69) is 4.74 Å². The highest BCUT2D eigenvalue weighted by molar-refractivity contribution is 5.32. The zero-order chi connectivity index (χ0) is 11.6. The Hall–Kier alpha value is -1.30. The lowest BCUT2D eigenvalue weighted by molar-refractivity contribution is -0.149. The van der Waals surface area contributed by atoms with Crippen LogP contribution in [-0.2, 0) is 0 Å². The van der Waals surface area contributed by atoms with E-state index in [1.807, 2.05) is 0 Å². The van der Waals surface area contributed by atoms with Crippen LogP contribution in [0.5, 0.6) is 5.75 Å². The third kappa shape index (κ3) is 2.59. The number of benzene rings is 1. The molecule has 2 nitrogen and oxygen atoms in total. The van der Waals surface area contributed by atoms with E-state index in [0.717, 1.165) is 12.1 Å². The number of hydrogen-bond donors (Lipinski definition) is 1. The quantitative estimate of drug-likeness (QED) is 0.781. The summed E-state index contributed by atoms with van der Waals surface area (Å²) in [5.41, 5.74) is 4.25. The fourth-order valence-corrected chi connectivity index (χ4v) is 1.06. The lowest BCUT2D eigenvalue weighted by Gasteiger charge is -2.17. The molecule has 15 heavy (non-hydrogen) atoms. The van der Waals surface area contributed by atoms with Crippen LogP contribution in [0.1, 0.15) is 11.6 Å². The minimum atomic E-state index is -4.67. The van der Waals surface area contributed by atoms with Gasteiger partial charge >= 0.3 is 6.18 Å². The first-order valence-corrected chi connectivity index (χ1v) is 4.02. The Labute approximate surface area is 83.6 Å². The molecule has 0 aliphatic rings. The molecule has 0 heterocycles. The van der Waals surface area contributed by atoms with E-state index in [1.165, 1.54) is 13.2 Å². The summed E-state index contributed by atoms with van der Waals surface area (Å²) in [4.78, 5) is 0. The van der Waals surface area contributed by atoms with Crippen molar-refractivity contribution in [2.45, 2.75) is 12.2 Å². The third-order valence-corrected chi connectivity index (χ3v) is 1.89. The van der Waals surface area contributed by atoms with E-state index in [1.54, 1.807) is 0 Å². The van der Waals surface area contributed by atoms with Crippen molar-refractivity contribution in [2.24, 2.45) is 5.73 Å². The molecule has 6 heteroatoms. The standard InChI is InChI=1S/C9H9F4NO/c1-15-5-2-3-7(10)6(4-5)8(14)9(11,12)13/h2-4,8H,14H2,1H3/t8-/m1/s1. The van der Waals surface area contributed by atoms with Gasteiger partial charge in [0.25, 0.3) is 0 Å². The molecule has 0 amide bonds. The van der Waals surface area contributed by atoms with Crippen LogP contribution in [0.4, 0.5) is 17.6 Å². The Morgan fingerprint density at radius 3 is 2.40 bits per heavy atom. The molecule has 0 spiro atoms. The topological polar surface area (TPSA) is 35.2 Å². The average molecular weight is 223 g/mol. The highest BCUT2D eigenvalue weighted by Crippen LogP contribution is 2.33. The molecule has 2 N–H and O–H groups in total. The number of hydrogen-bond acceptors (Lipinski definition) is 2. The molecular formula is C9H9F4NO. The van der Waals surface area contributed by atoms with Gasteiger partial charge in [-0.15, -0.1) is 0 Å². The van der Waals surface area contributed by atoms with Crippen molar-refractivity contribution >= 4 is 0 Å². The van der Waals surface area contributed by atoms with Gasteiger partial charge in [-0.25, -0.2) is 4.39 Å². The predicted molar refractivity (Wildman–Crippen MR) is 45.9 cm³/mol. The highest BCUT2D eigenvalue weighted by Gasteiger charge is 2.39. The predicted octanol–water partition coefficient (Wildman–Crippen LogP) is 2.40. The van der Waals surface area contributed by atoms with Gasteiger partial charge < -0.3 is 10.5 Å². The zero-order valence-corrected chi connectivity index (χ0v) is 7.81. The van der Waals surface area contributed by atoms with Gasteiger partial charge in [-0.3, -0.25) is 0 Å². The molecule has 0 saturated heterocycles. The van der Waals surface area contributed by atoms with Crippen molar-refractivity contribution in [3.05, 3.63) is 29.6 Å². The summed E-state index contributed by atoms with van der Waals surface area (Å²) in [5.74, 6) is -0.869. The summed E-state index contributed by atoms with van der Waals surface area (Å²) < 4.78 is 54.4. The Morgan fingerprint density at radius 1 is 1.33 bits per heavy atom. The minimum absolute atomic E-state index is 0.131. The lowest BCUT2D eigenvalue weighted by Crippen LogP contribution is -2.29. The lowest BCUT2D eigenvalue weighted by atomic mass is 10.1. The van der Waals surface area contributed by atoms with Gasteiger partial charge in [-0.05, 0) is 18.2 Å². The number of rotatable bonds is 2. The number of nitrogens with two attached hydrogens (primary N) is 1. The van der Waals surface area contributed by atoms with Crippen molar-refractivity contribution < 1.29 is 22.3 Å². The van der Waals surface area contributed by atoms with Gasteiger partial charge in [-0.1, -0.05) is 0 Å². The van der Waals surface area contributed by atoms with Crippen molar-refractivity contribution in [2.75, 3.05) is 7.11 Å². The van der Waals surface area contributed by atoms with Crippen LogP contribution < -0.4 is 10.5 Å². The smallest absolute Gasteiger partial charge is 0.407 e. The summed E-state index contributed by atoms with van der Waals surface area (Å²) in [6.45, 7) is 0. The SMILES string of the molecule is COc1ccc(F)c([C@@H](N)C(F)(F)F)c1. The number of methoxy groups -OCH3 is 1. The average Bonchev–Trinajstić information content (AvgIpc) is 2.16. The fourth-order valence-electron chi connectivity index (χ4n) is 1.06. The molecule has 84 valence electrons. The van der Waals surface area contributed by atoms with Crippen LogP contribution in [0.2, 0.25) is 0 Å². The van der Waals surface area contributed by atoms with E-state index in [0.29, 0.717) is 0 Å². The molecule has 1 aromatic carbocycles. The second-order valence-electron chi connectivity index (χ2n) is 2.91. The Bertz CT molecular complexity index is 350. The largest absolute Gasteiger partial charge is 0.497 e. The molecule has 0 aliphatic carbocycles. The number of alkyl halides is 3. The summed E-state index contributed by atoms with van der Waals surface area (Å²) >= 11 is 0. The third-order valence-electron chi connectivity index (χ3n) is 1.89. The van der Waals surface area contributed by atoms with Crippen molar-refractivity contribution in [3.63, 3.8) is 0 Å². The van der Waals surface area contributed by atoms with Crippen LogP contribution in [-0.4, -0.2) is 13.3 Å². The second-order valence-corrected chi connectivity index (χ2v) is 2.91. The van der Waals surface area contributed by atoms with E-state index in [9.17, 15) is 17.6 Å². The van der Waals surface area contributed by atoms with Gasteiger partial charge in [-0.2, -0.15) is 13.2 Å². The molecule has 0 unspecified atom stereocenters. The van der Waals surface area contributed by atoms with Gasteiger partial charge in [0.05, 0.1) is 7.11 Å². The van der Waals surface area contributed by atoms with E-state index in [-0.39, 0.29) is 5.75 Å². The van der Waals surface area contributed by atoms with Gasteiger partial charge in [0.15, 0.2) is 0 Å². The Morgan fingerprint density at radius 2 is 1.93 bits per heavy atom. The molecule has 1 atom stereocenters. The van der Waals surface area contributed by atoms with Crippen LogP contribution in [0.3, 0.4) is 0 Å². The minimum Gasteiger partial charge on any atom is -0.497 e. The molecule has 0 aliphatic heterocycles. The van der Waals surface area contributed by atoms with Crippen LogP contribution in [0.15, 0.2) is 18.2 Å². The molecule has 0 fully saturated rings. The summed E-state index contributed by atoms with van der Waals surface area (Å²) in [6.07, 6.45) is -4.67. The van der Waals surface area contributed by atoms with Crippen molar-refractivity contribution in [1.82, 2.24) is 0 Å². The normalized spacial score (nSPS) is 13.7. The van der Waals surface area contributed by atoms with Gasteiger partial charge in [0.2, 0.25) is 0 Å². The van der Waals surface area contributed by atoms with E-state index in [4.69, 9.17) is 5.73 Å². The maximum Gasteiger partial charge on any atom is 0.407 e. The van der Waals surface area contributed by atoms with Gasteiger partial charge in [0, 0.05) is 5.56 Å².